The third-order valence-corrected chi connectivity index (χ3v) is 17.6. The first-order valence-electron chi connectivity index (χ1n) is 34.2. The van der Waals surface area contributed by atoms with Crippen LogP contribution in [0.3, 0.4) is 0 Å². The molecule has 2 saturated heterocycles. The van der Waals surface area contributed by atoms with Crippen LogP contribution < -0.4 is 58.9 Å². The number of carbonyl (C=O) groups is 13. The van der Waals surface area contributed by atoms with Crippen LogP contribution >= 0.6 is 0 Å². The standard InChI is InChI=1S/C65H115N13O20/c1-16-18-19-20-21-22-38-26-45(85)71-46(31(5)6)58(91)76-50(53(86)32(7)8)61(94)67-35(12)55(88)75-51(54(87)33(9)10)62(95)69-40(23-24-44(66)84)64(97)77(15)52(34(11)17-2)63(96)74-49(43(83)29-79)60(93)73-48(37(14)81)65(98)78-28-39(82)27-42(78)57(90)70-41(25-30(3)4)56(89)72-47(36(13)80)59(92)68-38/h30-43,46-54,79-83,86-87H,16-29H2,1-15H3,(H2,66,84)(H,67,94)(H,68,92)(H,69,95)(H,70,90)(H,71,85)(H,72,89)(H,73,93)(H,74,96)(H,75,88)(H,76,91)/t34?,35-,36+,37+,38+,39+,40+,41+,42-,43-,46-,47-,48-,49+,50+,51+,52-,53-,54-/m0/s1. The molecule has 0 spiro atoms. The van der Waals surface area contributed by atoms with Crippen molar-refractivity contribution < 1.29 is 98.1 Å². The fourth-order valence-electron chi connectivity index (χ4n) is 11.4. The number of aliphatic hydroxyl groups excluding tert-OH is 7. The molecule has 2 heterocycles. The van der Waals surface area contributed by atoms with Gasteiger partial charge in [-0.25, -0.2) is 0 Å². The van der Waals surface area contributed by atoms with Crippen LogP contribution in [-0.2, 0) is 62.3 Å². The average Bonchev–Trinajstić information content (AvgIpc) is 1.56. The minimum atomic E-state index is -2.17. The second-order valence-corrected chi connectivity index (χ2v) is 27.7. The molecule has 0 radical (unpaired) electrons. The lowest BCUT2D eigenvalue weighted by molar-refractivity contribution is -0.147. The molecule has 33 heteroatoms. The number of hydrogen-bond acceptors (Lipinski definition) is 20. The van der Waals surface area contributed by atoms with E-state index in [1.807, 2.05) is 6.92 Å². The maximum Gasteiger partial charge on any atom is 0.248 e. The van der Waals surface area contributed by atoms with Gasteiger partial charge in [-0.1, -0.05) is 115 Å². The summed E-state index contributed by atoms with van der Waals surface area (Å²) >= 11 is 0. The number of likely N-dealkylation sites (N-methyl/N-ethyl adjacent to an activating group) is 1. The van der Waals surface area contributed by atoms with E-state index in [2.05, 4.69) is 53.2 Å². The Bertz CT molecular complexity index is 2700. The topological polar surface area (TPSA) is 516 Å². The molecule has 2 fully saturated rings. The van der Waals surface area contributed by atoms with Crippen molar-refractivity contribution in [2.24, 2.45) is 35.3 Å². The summed E-state index contributed by atoms with van der Waals surface area (Å²) in [4.78, 5) is 187. The summed E-state index contributed by atoms with van der Waals surface area (Å²) in [7, 11) is 1.13. The van der Waals surface area contributed by atoms with Crippen LogP contribution in [0.1, 0.15) is 174 Å². The second-order valence-electron chi connectivity index (χ2n) is 27.7. The highest BCUT2D eigenvalue weighted by Crippen LogP contribution is 2.23. The zero-order valence-corrected chi connectivity index (χ0v) is 59.6. The number of aliphatic hydroxyl groups is 7. The predicted octanol–water partition coefficient (Wildman–Crippen LogP) is -4.43. The molecule has 19 atom stereocenters. The smallest absolute Gasteiger partial charge is 0.248 e. The van der Waals surface area contributed by atoms with E-state index in [-0.39, 0.29) is 25.2 Å². The molecular formula is C65H115N13O20. The van der Waals surface area contributed by atoms with Crippen LogP contribution in [0.2, 0.25) is 0 Å². The third-order valence-electron chi connectivity index (χ3n) is 17.6. The lowest BCUT2D eigenvalue weighted by Gasteiger charge is -2.36. The predicted molar refractivity (Wildman–Crippen MR) is 356 cm³/mol. The van der Waals surface area contributed by atoms with Gasteiger partial charge in [-0.3, -0.25) is 62.3 Å². The highest BCUT2D eigenvalue weighted by atomic mass is 16.3. The first kappa shape index (κ1) is 86.9. The number of carbonyl (C=O) groups excluding carboxylic acids is 13. The number of hydrogen-bond donors (Lipinski definition) is 18. The zero-order valence-electron chi connectivity index (χ0n) is 59.6. The summed E-state index contributed by atoms with van der Waals surface area (Å²) in [5, 5.41) is 102. The number of amides is 13. The largest absolute Gasteiger partial charge is 0.394 e. The van der Waals surface area contributed by atoms with Gasteiger partial charge in [0.25, 0.3) is 0 Å². The van der Waals surface area contributed by atoms with Crippen LogP contribution in [0.5, 0.6) is 0 Å². The van der Waals surface area contributed by atoms with E-state index in [4.69, 9.17) is 5.73 Å². The second kappa shape index (κ2) is 41.4. The van der Waals surface area contributed by atoms with Gasteiger partial charge in [0.15, 0.2) is 0 Å². The molecule has 33 nitrogen and oxygen atoms in total. The molecular weight excluding hydrogens is 1280 g/mol. The summed E-state index contributed by atoms with van der Waals surface area (Å²) in [6.45, 7) is 19.5. The summed E-state index contributed by atoms with van der Waals surface area (Å²) in [5.74, 6) is -17.2. The number of nitrogens with one attached hydrogen (secondary N) is 10. The van der Waals surface area contributed by atoms with Gasteiger partial charge >= 0.3 is 0 Å². The van der Waals surface area contributed by atoms with Crippen LogP contribution in [0.15, 0.2) is 0 Å². The van der Waals surface area contributed by atoms with E-state index in [0.29, 0.717) is 12.8 Å². The molecule has 19 N–H and O–H groups in total. The molecule has 560 valence electrons. The Morgan fingerprint density at radius 3 is 1.54 bits per heavy atom. The van der Waals surface area contributed by atoms with Crippen LogP contribution in [0, 0.1) is 29.6 Å². The van der Waals surface area contributed by atoms with Crippen molar-refractivity contribution in [3.8, 4) is 0 Å². The van der Waals surface area contributed by atoms with Crippen LogP contribution in [-0.4, -0.2) is 252 Å². The van der Waals surface area contributed by atoms with Gasteiger partial charge in [0, 0.05) is 38.9 Å². The monoisotopic (exact) mass is 1400 g/mol. The minimum Gasteiger partial charge on any atom is -0.394 e. The van der Waals surface area contributed by atoms with Crippen molar-refractivity contribution in [3.05, 3.63) is 0 Å². The fraction of sp³-hybridized carbons (Fsp3) is 0.800. The van der Waals surface area contributed by atoms with Gasteiger partial charge in [0.1, 0.15) is 72.6 Å². The number of nitrogens with zero attached hydrogens (tertiary/aromatic N) is 2. The highest BCUT2D eigenvalue weighted by Gasteiger charge is 2.47. The van der Waals surface area contributed by atoms with Gasteiger partial charge in [0.05, 0.1) is 37.1 Å². The number of nitrogens with two attached hydrogens (primary N) is 1. The normalized spacial score (nSPS) is 28.7. The van der Waals surface area contributed by atoms with E-state index in [1.54, 1.807) is 34.6 Å². The molecule has 0 aromatic rings. The lowest BCUT2D eigenvalue weighted by Crippen LogP contribution is -2.65. The Balaban J connectivity index is 2.98. The molecule has 2 rings (SSSR count). The minimum absolute atomic E-state index is 0.0942. The molecule has 0 bridgehead atoms. The number of primary amides is 1. The van der Waals surface area contributed by atoms with Gasteiger partial charge in [-0.15, -0.1) is 0 Å². The number of unbranched alkanes of at least 4 members (excludes halogenated alkanes) is 4. The molecule has 98 heavy (non-hydrogen) atoms. The van der Waals surface area contributed by atoms with Gasteiger partial charge in [-0.05, 0) is 69.6 Å². The van der Waals surface area contributed by atoms with Crippen molar-refractivity contribution in [1.82, 2.24) is 63.0 Å². The highest BCUT2D eigenvalue weighted by molar-refractivity contribution is 6.00. The molecule has 13 amide bonds. The Hall–Kier alpha value is -7.17. The van der Waals surface area contributed by atoms with Crippen molar-refractivity contribution >= 4 is 76.8 Å². The molecule has 0 aromatic heterocycles. The Kier molecular flexibility index (Phi) is 36.7. The zero-order chi connectivity index (χ0) is 74.9. The first-order chi connectivity index (χ1) is 45.6. The summed E-state index contributed by atoms with van der Waals surface area (Å²) in [6.07, 6.45) is -8.27. The van der Waals surface area contributed by atoms with E-state index in [0.717, 1.165) is 43.0 Å². The van der Waals surface area contributed by atoms with Crippen LogP contribution in [0.4, 0.5) is 0 Å². The van der Waals surface area contributed by atoms with E-state index in [1.165, 1.54) is 48.5 Å². The third kappa shape index (κ3) is 26.5. The molecule has 0 aliphatic carbocycles. The van der Waals surface area contributed by atoms with Gasteiger partial charge < -0.3 is 104 Å². The molecule has 2 aliphatic rings. The molecule has 1 unspecified atom stereocenters. The van der Waals surface area contributed by atoms with E-state index >= 15 is 0 Å². The van der Waals surface area contributed by atoms with E-state index in [9.17, 15) is 98.1 Å². The van der Waals surface area contributed by atoms with Crippen molar-refractivity contribution in [1.29, 1.82) is 0 Å². The van der Waals surface area contributed by atoms with Crippen LogP contribution in [0.25, 0.3) is 0 Å². The SMILES string of the molecule is CCCCCCC[C@@H]1CC(=O)N[C@@H](C(C)C)C(=O)N[C@H]([C@@H](O)C(C)C)C(=O)N[C@@H](C)C(=O)N[C@H]([C@@H](O)C(C)C)C(=O)N[C@H](CCC(N)=O)C(=O)N(C)[C@@H](C(C)CC)C(=O)N[C@H]([C@@H](O)CO)C(=O)N[C@@H]([C@@H](C)O)C(=O)N2C[C@H](O)C[C@H]2C(=O)N[C@H](CC(C)C)C(=O)N[C@@H]([C@@H](C)O)C(=O)N1. The maximum atomic E-state index is 14.7. The van der Waals surface area contributed by atoms with E-state index < -0.39 is 248 Å². The molecule has 2 aliphatic heterocycles. The number of rotatable bonds is 22. The van der Waals surface area contributed by atoms with Crippen molar-refractivity contribution in [3.63, 3.8) is 0 Å². The molecule has 0 aromatic carbocycles. The first-order valence-corrected chi connectivity index (χ1v) is 34.2. The Labute approximate surface area is 574 Å². The summed E-state index contributed by atoms with van der Waals surface area (Å²) in [6, 6.07) is -20.1. The van der Waals surface area contributed by atoms with Gasteiger partial charge in [0.2, 0.25) is 76.8 Å². The quantitative estimate of drug-likeness (QED) is 0.0455. The maximum absolute atomic E-state index is 14.7. The average molecular weight is 1400 g/mol. The summed E-state index contributed by atoms with van der Waals surface area (Å²) in [5.41, 5.74) is 5.50. The lowest BCUT2D eigenvalue weighted by atomic mass is 9.94. The fourth-order valence-corrected chi connectivity index (χ4v) is 11.4. The van der Waals surface area contributed by atoms with Crippen molar-refractivity contribution in [2.45, 2.75) is 283 Å². The summed E-state index contributed by atoms with van der Waals surface area (Å²) < 4.78 is 0. The van der Waals surface area contributed by atoms with Gasteiger partial charge in [-0.2, -0.15) is 0 Å². The van der Waals surface area contributed by atoms with Crippen molar-refractivity contribution in [2.75, 3.05) is 20.2 Å². The number of fused-ring (bicyclic) bond motifs is 1. The Morgan fingerprint density at radius 1 is 0.541 bits per heavy atom. The Morgan fingerprint density at radius 2 is 1.03 bits per heavy atom. The molecule has 0 saturated carbocycles.